The van der Waals surface area contributed by atoms with E-state index in [0.717, 1.165) is 26.1 Å². The highest BCUT2D eigenvalue weighted by Crippen LogP contribution is 2.30. The van der Waals surface area contributed by atoms with Gasteiger partial charge in [0.1, 0.15) is 0 Å². The van der Waals surface area contributed by atoms with Crippen molar-refractivity contribution in [2.45, 2.75) is 31.7 Å². The fraction of sp³-hybridized carbons (Fsp3) is 0.727. The monoisotopic (exact) mass is 209 g/mol. The Morgan fingerprint density at radius 2 is 2.20 bits per heavy atom. The summed E-state index contributed by atoms with van der Waals surface area (Å²) in [6.07, 6.45) is 4.17. The first-order valence-electron chi connectivity index (χ1n) is 5.55. The fourth-order valence-corrected chi connectivity index (χ4v) is 2.16. The smallest absolute Gasteiger partial charge is 0.0704 e. The zero-order valence-electron chi connectivity index (χ0n) is 9.44. The number of hydrogen-bond donors (Lipinski definition) is 1. The van der Waals surface area contributed by atoms with E-state index in [2.05, 4.69) is 5.10 Å². The first-order chi connectivity index (χ1) is 7.18. The molecule has 1 saturated heterocycles. The topological polar surface area (TPSA) is 53.1 Å². The van der Waals surface area contributed by atoms with Gasteiger partial charge in [-0.1, -0.05) is 0 Å². The molecule has 0 saturated carbocycles. The van der Waals surface area contributed by atoms with Gasteiger partial charge in [-0.3, -0.25) is 4.68 Å². The average molecular weight is 209 g/mol. The number of nitrogens with zero attached hydrogens (tertiary/aromatic N) is 2. The van der Waals surface area contributed by atoms with E-state index in [-0.39, 0.29) is 6.04 Å². The number of aryl methyl sites for hydroxylation is 1. The molecule has 0 spiro atoms. The SMILES string of the molecule is C[C@H](N)c1cn(C)nc1C1CCOCC1. The van der Waals surface area contributed by atoms with Gasteiger partial charge in [-0.25, -0.2) is 0 Å². The molecule has 1 aliphatic heterocycles. The molecule has 15 heavy (non-hydrogen) atoms. The molecule has 0 radical (unpaired) electrons. The molecule has 1 aromatic rings. The van der Waals surface area contributed by atoms with Gasteiger partial charge in [-0.15, -0.1) is 0 Å². The quantitative estimate of drug-likeness (QED) is 0.799. The molecular weight excluding hydrogens is 190 g/mol. The Labute approximate surface area is 90.4 Å². The highest BCUT2D eigenvalue weighted by Gasteiger charge is 2.23. The molecule has 0 bridgehead atoms. The lowest BCUT2D eigenvalue weighted by molar-refractivity contribution is 0.0841. The van der Waals surface area contributed by atoms with E-state index in [1.165, 1.54) is 11.3 Å². The standard InChI is InChI=1S/C11H19N3O/c1-8(12)10-7-14(2)13-11(10)9-3-5-15-6-4-9/h7-9H,3-6,12H2,1-2H3/t8-/m0/s1. The van der Waals surface area contributed by atoms with Crippen molar-refractivity contribution in [2.24, 2.45) is 12.8 Å². The molecule has 4 nitrogen and oxygen atoms in total. The third-order valence-corrected chi connectivity index (χ3v) is 2.99. The minimum atomic E-state index is 0.0662. The molecule has 1 fully saturated rings. The van der Waals surface area contributed by atoms with Gasteiger partial charge in [0.25, 0.3) is 0 Å². The van der Waals surface area contributed by atoms with Crippen LogP contribution >= 0.6 is 0 Å². The van der Waals surface area contributed by atoms with Crippen molar-refractivity contribution in [1.29, 1.82) is 0 Å². The summed E-state index contributed by atoms with van der Waals surface area (Å²) in [4.78, 5) is 0. The number of aromatic nitrogens is 2. The summed E-state index contributed by atoms with van der Waals surface area (Å²) in [6.45, 7) is 3.71. The molecule has 2 heterocycles. The Hall–Kier alpha value is -0.870. The van der Waals surface area contributed by atoms with E-state index in [1.807, 2.05) is 24.9 Å². The maximum atomic E-state index is 5.95. The van der Waals surface area contributed by atoms with Crippen LogP contribution in [0.1, 0.15) is 43.0 Å². The normalized spacial score (nSPS) is 20.5. The van der Waals surface area contributed by atoms with Gasteiger partial charge in [0.05, 0.1) is 5.69 Å². The largest absolute Gasteiger partial charge is 0.381 e. The van der Waals surface area contributed by atoms with E-state index in [0.29, 0.717) is 5.92 Å². The zero-order chi connectivity index (χ0) is 10.8. The predicted octanol–water partition coefficient (Wildman–Crippen LogP) is 1.33. The van der Waals surface area contributed by atoms with Crippen LogP contribution in [-0.4, -0.2) is 23.0 Å². The van der Waals surface area contributed by atoms with Crippen LogP contribution in [0.5, 0.6) is 0 Å². The Bertz CT molecular complexity index is 327. The van der Waals surface area contributed by atoms with Crippen LogP contribution in [0.2, 0.25) is 0 Å². The summed E-state index contributed by atoms with van der Waals surface area (Å²) in [5.41, 5.74) is 8.31. The Morgan fingerprint density at radius 1 is 1.53 bits per heavy atom. The van der Waals surface area contributed by atoms with Gasteiger partial charge in [0.15, 0.2) is 0 Å². The summed E-state index contributed by atoms with van der Waals surface area (Å²) < 4.78 is 7.23. The van der Waals surface area contributed by atoms with Crippen molar-refractivity contribution >= 4 is 0 Å². The first-order valence-corrected chi connectivity index (χ1v) is 5.55. The Balaban J connectivity index is 2.25. The van der Waals surface area contributed by atoms with E-state index in [4.69, 9.17) is 10.5 Å². The van der Waals surface area contributed by atoms with Gasteiger partial charge in [-0.2, -0.15) is 5.10 Å². The molecule has 2 N–H and O–H groups in total. The molecule has 0 aliphatic carbocycles. The van der Waals surface area contributed by atoms with Crippen LogP contribution in [0.4, 0.5) is 0 Å². The summed E-state index contributed by atoms with van der Waals surface area (Å²) in [5, 5.41) is 4.54. The van der Waals surface area contributed by atoms with Crippen molar-refractivity contribution in [2.75, 3.05) is 13.2 Å². The average Bonchev–Trinajstić information content (AvgIpc) is 2.62. The van der Waals surface area contributed by atoms with E-state index < -0.39 is 0 Å². The lowest BCUT2D eigenvalue weighted by Gasteiger charge is -2.22. The predicted molar refractivity (Wildman–Crippen MR) is 58.6 cm³/mol. The van der Waals surface area contributed by atoms with Gasteiger partial charge in [-0.05, 0) is 19.8 Å². The summed E-state index contributed by atoms with van der Waals surface area (Å²) in [7, 11) is 1.95. The molecule has 84 valence electrons. The fourth-order valence-electron chi connectivity index (χ4n) is 2.16. The van der Waals surface area contributed by atoms with Crippen LogP contribution in [0.3, 0.4) is 0 Å². The number of nitrogens with two attached hydrogens (primary N) is 1. The maximum absolute atomic E-state index is 5.95. The van der Waals surface area contributed by atoms with Crippen molar-refractivity contribution in [3.63, 3.8) is 0 Å². The zero-order valence-corrected chi connectivity index (χ0v) is 9.44. The second kappa shape index (κ2) is 4.33. The highest BCUT2D eigenvalue weighted by molar-refractivity contribution is 5.24. The van der Waals surface area contributed by atoms with Crippen molar-refractivity contribution in [3.05, 3.63) is 17.5 Å². The summed E-state index contributed by atoms with van der Waals surface area (Å²) >= 11 is 0. The van der Waals surface area contributed by atoms with Gasteiger partial charge >= 0.3 is 0 Å². The summed E-state index contributed by atoms with van der Waals surface area (Å²) in [6, 6.07) is 0.0662. The number of rotatable bonds is 2. The molecule has 1 aromatic heterocycles. The minimum absolute atomic E-state index is 0.0662. The Morgan fingerprint density at radius 3 is 2.80 bits per heavy atom. The van der Waals surface area contributed by atoms with E-state index in [1.54, 1.807) is 0 Å². The van der Waals surface area contributed by atoms with Crippen LogP contribution in [0.15, 0.2) is 6.20 Å². The van der Waals surface area contributed by atoms with Gasteiger partial charge < -0.3 is 10.5 Å². The van der Waals surface area contributed by atoms with E-state index in [9.17, 15) is 0 Å². The molecule has 0 amide bonds. The lowest BCUT2D eigenvalue weighted by Crippen LogP contribution is -2.17. The molecular formula is C11H19N3O. The van der Waals surface area contributed by atoms with Crippen LogP contribution in [-0.2, 0) is 11.8 Å². The molecule has 2 rings (SSSR count). The second-order valence-corrected chi connectivity index (χ2v) is 4.32. The van der Waals surface area contributed by atoms with Crippen LogP contribution in [0.25, 0.3) is 0 Å². The molecule has 1 atom stereocenters. The molecule has 4 heteroatoms. The number of hydrogen-bond acceptors (Lipinski definition) is 3. The third kappa shape index (κ3) is 2.21. The van der Waals surface area contributed by atoms with Gasteiger partial charge in [0.2, 0.25) is 0 Å². The molecule has 1 aliphatic rings. The molecule has 0 aromatic carbocycles. The number of ether oxygens (including phenoxy) is 1. The first kappa shape index (κ1) is 10.6. The van der Waals surface area contributed by atoms with Crippen LogP contribution < -0.4 is 5.73 Å². The van der Waals surface area contributed by atoms with Crippen molar-refractivity contribution < 1.29 is 4.74 Å². The second-order valence-electron chi connectivity index (χ2n) is 4.32. The minimum Gasteiger partial charge on any atom is -0.381 e. The van der Waals surface area contributed by atoms with Gasteiger partial charge in [0, 0.05) is 44.0 Å². The van der Waals surface area contributed by atoms with E-state index >= 15 is 0 Å². The van der Waals surface area contributed by atoms with Crippen molar-refractivity contribution in [3.8, 4) is 0 Å². The third-order valence-electron chi connectivity index (χ3n) is 2.99. The Kier molecular flexibility index (Phi) is 3.07. The van der Waals surface area contributed by atoms with Crippen LogP contribution in [0, 0.1) is 0 Å². The maximum Gasteiger partial charge on any atom is 0.0704 e. The lowest BCUT2D eigenvalue weighted by atomic mass is 9.92. The van der Waals surface area contributed by atoms with Crippen molar-refractivity contribution in [1.82, 2.24) is 9.78 Å². The molecule has 0 unspecified atom stereocenters. The highest BCUT2D eigenvalue weighted by atomic mass is 16.5. The summed E-state index contributed by atoms with van der Waals surface area (Å²) in [5.74, 6) is 0.529.